The fraction of sp³-hybridized carbons (Fsp3) is 0.429. The van der Waals surface area contributed by atoms with Gasteiger partial charge in [0, 0.05) is 16.0 Å². The largest absolute Gasteiger partial charge is 0.494 e. The summed E-state index contributed by atoms with van der Waals surface area (Å²) in [5, 5.41) is 0. The lowest BCUT2D eigenvalue weighted by atomic mass is 9.96. The van der Waals surface area contributed by atoms with Crippen LogP contribution in [0, 0.1) is 0 Å². The number of halogens is 5. The molecule has 0 spiro atoms. The molecule has 2 aromatic carbocycles. The van der Waals surface area contributed by atoms with Crippen LogP contribution in [-0.2, 0) is 11.8 Å². The molecule has 7 heteroatoms. The molecule has 0 atom stereocenters. The smallest absolute Gasteiger partial charge is 0.339 e. The van der Waals surface area contributed by atoms with E-state index in [1.165, 1.54) is 12.1 Å². The van der Waals surface area contributed by atoms with Crippen LogP contribution in [0.4, 0.5) is 21.4 Å². The summed E-state index contributed by atoms with van der Waals surface area (Å²) in [5.41, 5.74) is -1.68. The SMILES string of the molecule is CCCCCCCOc1ccc(C(F)(F)C(F)(F)c2ccc(SF)cc2)cc1. The van der Waals surface area contributed by atoms with E-state index in [0.29, 0.717) is 12.4 Å². The topological polar surface area (TPSA) is 9.23 Å². The van der Waals surface area contributed by atoms with Gasteiger partial charge in [0.05, 0.1) is 18.8 Å². The van der Waals surface area contributed by atoms with Gasteiger partial charge >= 0.3 is 11.8 Å². The van der Waals surface area contributed by atoms with Crippen LogP contribution in [0.1, 0.15) is 50.2 Å². The zero-order valence-corrected chi connectivity index (χ0v) is 16.4. The van der Waals surface area contributed by atoms with E-state index >= 15 is 0 Å². The molecule has 0 heterocycles. The van der Waals surface area contributed by atoms with Crippen LogP contribution in [-0.4, -0.2) is 6.61 Å². The quantitative estimate of drug-likeness (QED) is 0.271. The summed E-state index contributed by atoms with van der Waals surface area (Å²) in [6, 6.07) is 8.15. The lowest BCUT2D eigenvalue weighted by Gasteiger charge is -2.27. The van der Waals surface area contributed by atoms with Crippen LogP contribution in [0.25, 0.3) is 0 Å². The summed E-state index contributed by atoms with van der Waals surface area (Å²) >= 11 is -0.141. The molecule has 0 amide bonds. The van der Waals surface area contributed by atoms with E-state index in [1.54, 1.807) is 0 Å². The van der Waals surface area contributed by atoms with Crippen molar-refractivity contribution in [1.82, 2.24) is 0 Å². The third-order valence-corrected chi connectivity index (χ3v) is 4.88. The molecule has 1 nitrogen and oxygen atoms in total. The first kappa shape index (κ1) is 22.5. The van der Waals surface area contributed by atoms with Crippen molar-refractivity contribution in [2.45, 2.75) is 55.8 Å². The first-order valence-electron chi connectivity index (χ1n) is 9.21. The second-order valence-corrected chi connectivity index (χ2v) is 7.16. The molecule has 2 aromatic rings. The van der Waals surface area contributed by atoms with E-state index < -0.39 is 23.0 Å². The minimum Gasteiger partial charge on any atom is -0.494 e. The zero-order valence-electron chi connectivity index (χ0n) is 15.6. The molecule has 2 rings (SSSR count). The van der Waals surface area contributed by atoms with Gasteiger partial charge in [-0.25, -0.2) is 0 Å². The predicted octanol–water partition coefficient (Wildman–Crippen LogP) is 7.90. The molecule has 0 aliphatic heterocycles. The van der Waals surface area contributed by atoms with Crippen molar-refractivity contribution < 1.29 is 26.2 Å². The van der Waals surface area contributed by atoms with Crippen molar-refractivity contribution in [1.29, 1.82) is 0 Å². The third-order valence-electron chi connectivity index (χ3n) is 4.43. The maximum atomic E-state index is 14.5. The number of hydrogen-bond acceptors (Lipinski definition) is 2. The first-order valence-corrected chi connectivity index (χ1v) is 9.92. The lowest BCUT2D eigenvalue weighted by Crippen LogP contribution is -2.35. The van der Waals surface area contributed by atoms with E-state index in [0.717, 1.165) is 68.5 Å². The van der Waals surface area contributed by atoms with Gasteiger partial charge < -0.3 is 4.74 Å². The zero-order chi connectivity index (χ0) is 20.6. The van der Waals surface area contributed by atoms with Gasteiger partial charge in [0.1, 0.15) is 5.75 Å². The highest BCUT2D eigenvalue weighted by atomic mass is 32.2. The molecule has 0 N–H and O–H groups in total. The maximum absolute atomic E-state index is 14.5. The Labute approximate surface area is 166 Å². The maximum Gasteiger partial charge on any atom is 0.339 e. The Morgan fingerprint density at radius 3 is 1.75 bits per heavy atom. The van der Waals surface area contributed by atoms with Gasteiger partial charge in [0.2, 0.25) is 0 Å². The van der Waals surface area contributed by atoms with Crippen LogP contribution in [0.5, 0.6) is 5.75 Å². The van der Waals surface area contributed by atoms with Gasteiger partial charge in [-0.3, -0.25) is 0 Å². The standard InChI is InChI=1S/C21H23F5OS/c1-2-3-4-5-6-15-27-18-11-7-16(8-12-18)20(22,23)21(24,25)17-9-13-19(28-26)14-10-17/h7-14H,2-6,15H2,1H3. The molecular weight excluding hydrogens is 395 g/mol. The average Bonchev–Trinajstić information content (AvgIpc) is 2.71. The van der Waals surface area contributed by atoms with Crippen molar-refractivity contribution in [3.8, 4) is 5.75 Å². The molecule has 0 bridgehead atoms. The third kappa shape index (κ3) is 5.40. The van der Waals surface area contributed by atoms with Crippen LogP contribution < -0.4 is 4.74 Å². The Bertz CT molecular complexity index is 717. The molecule has 0 aliphatic carbocycles. The van der Waals surface area contributed by atoms with Crippen molar-refractivity contribution in [2.24, 2.45) is 0 Å². The molecule has 0 fully saturated rings. The summed E-state index contributed by atoms with van der Waals surface area (Å²) < 4.78 is 75.7. The van der Waals surface area contributed by atoms with E-state index in [1.807, 2.05) is 0 Å². The van der Waals surface area contributed by atoms with Gasteiger partial charge in [0.25, 0.3) is 0 Å². The Kier molecular flexibility index (Phi) is 8.16. The van der Waals surface area contributed by atoms with Gasteiger partial charge in [-0.2, -0.15) is 21.4 Å². The van der Waals surface area contributed by atoms with Gasteiger partial charge in [-0.15, -0.1) is 0 Å². The molecule has 0 unspecified atom stereocenters. The average molecular weight is 418 g/mol. The molecule has 28 heavy (non-hydrogen) atoms. The van der Waals surface area contributed by atoms with E-state index in [9.17, 15) is 21.4 Å². The summed E-state index contributed by atoms with van der Waals surface area (Å²) in [5.74, 6) is -8.49. The van der Waals surface area contributed by atoms with Crippen molar-refractivity contribution in [2.75, 3.05) is 6.61 Å². The second kappa shape index (κ2) is 10.1. The molecule has 0 saturated carbocycles. The predicted molar refractivity (Wildman–Crippen MR) is 102 cm³/mol. The highest BCUT2D eigenvalue weighted by Gasteiger charge is 2.58. The Hall–Kier alpha value is -1.76. The fourth-order valence-corrected chi connectivity index (χ4v) is 2.97. The van der Waals surface area contributed by atoms with Crippen LogP contribution in [0.2, 0.25) is 0 Å². The van der Waals surface area contributed by atoms with Gasteiger partial charge in [-0.1, -0.05) is 44.7 Å². The summed E-state index contributed by atoms with van der Waals surface area (Å²) in [6.07, 6.45) is 5.29. The summed E-state index contributed by atoms with van der Waals surface area (Å²) in [7, 11) is 0. The highest BCUT2D eigenvalue weighted by molar-refractivity contribution is 7.94. The van der Waals surface area contributed by atoms with Crippen LogP contribution in [0.3, 0.4) is 0 Å². The molecule has 0 aliphatic rings. The molecule has 0 saturated heterocycles. The van der Waals surface area contributed by atoms with E-state index in [4.69, 9.17) is 4.74 Å². The number of unbranched alkanes of at least 4 members (excludes halogenated alkanes) is 4. The lowest BCUT2D eigenvalue weighted by molar-refractivity contribution is -0.223. The summed E-state index contributed by atoms with van der Waals surface area (Å²) in [4.78, 5) is 0.0686. The molecular formula is C21H23F5OS. The number of ether oxygens (including phenoxy) is 1. The normalized spacial score (nSPS) is 12.2. The Morgan fingerprint density at radius 2 is 1.25 bits per heavy atom. The molecule has 0 aromatic heterocycles. The van der Waals surface area contributed by atoms with Crippen LogP contribution >= 0.6 is 12.1 Å². The van der Waals surface area contributed by atoms with Crippen molar-refractivity contribution in [3.05, 3.63) is 59.7 Å². The Balaban J connectivity index is 2.03. The monoisotopic (exact) mass is 418 g/mol. The van der Waals surface area contributed by atoms with Crippen molar-refractivity contribution in [3.63, 3.8) is 0 Å². The number of alkyl halides is 4. The minimum absolute atomic E-state index is 0.0686. The van der Waals surface area contributed by atoms with Gasteiger partial charge in [0.15, 0.2) is 0 Å². The highest BCUT2D eigenvalue weighted by Crippen LogP contribution is 2.49. The first-order chi connectivity index (χ1) is 13.3. The van der Waals surface area contributed by atoms with Gasteiger partial charge in [-0.05, 0) is 42.8 Å². The number of hydrogen-bond donors (Lipinski definition) is 0. The number of rotatable bonds is 11. The van der Waals surface area contributed by atoms with Crippen LogP contribution in [0.15, 0.2) is 53.4 Å². The molecule has 154 valence electrons. The number of benzene rings is 2. The van der Waals surface area contributed by atoms with Crippen molar-refractivity contribution >= 4 is 12.1 Å². The fourth-order valence-electron chi connectivity index (χ4n) is 2.73. The van der Waals surface area contributed by atoms with E-state index in [2.05, 4.69) is 6.92 Å². The second-order valence-electron chi connectivity index (χ2n) is 6.54. The Morgan fingerprint density at radius 1 is 0.750 bits per heavy atom. The van der Waals surface area contributed by atoms with E-state index in [-0.39, 0.29) is 17.0 Å². The summed E-state index contributed by atoms with van der Waals surface area (Å²) in [6.45, 7) is 2.57. The molecule has 0 radical (unpaired) electrons. The minimum atomic E-state index is -4.44.